The van der Waals surface area contributed by atoms with Gasteiger partial charge in [-0.15, -0.1) is 0 Å². The lowest BCUT2D eigenvalue weighted by atomic mass is 9.96. The maximum atomic E-state index is 12.2. The van der Waals surface area contributed by atoms with Gasteiger partial charge in [0.05, 0.1) is 4.70 Å². The summed E-state index contributed by atoms with van der Waals surface area (Å²) < 4.78 is 34.2. The second-order valence-electron chi connectivity index (χ2n) is 8.54. The van der Waals surface area contributed by atoms with Crippen LogP contribution in [0, 0.1) is 0 Å². The van der Waals surface area contributed by atoms with Gasteiger partial charge in [0.2, 0.25) is 12.2 Å². The van der Waals surface area contributed by atoms with Gasteiger partial charge in [-0.05, 0) is 0 Å². The van der Waals surface area contributed by atoms with Gasteiger partial charge in [-0.2, -0.15) is 0 Å². The fourth-order valence-electron chi connectivity index (χ4n) is 4.28. The zero-order valence-electron chi connectivity index (χ0n) is 20.9. The van der Waals surface area contributed by atoms with Gasteiger partial charge in [0.25, 0.3) is 0 Å². The fourth-order valence-corrected chi connectivity index (χ4v) is 4.99. The van der Waals surface area contributed by atoms with Crippen LogP contribution in [0.3, 0.4) is 0 Å². The number of amides is 1. The molecule has 0 radical (unpaired) electrons. The number of hydrogen-bond donors (Lipinski definition) is 1. The third-order valence-corrected chi connectivity index (χ3v) is 6.39. The van der Waals surface area contributed by atoms with Crippen molar-refractivity contribution >= 4 is 56.2 Å². The zero-order valence-corrected chi connectivity index (χ0v) is 21.7. The quantitative estimate of drug-likeness (QED) is 0.341. The molecule has 1 N–H and O–H groups in total. The predicted molar refractivity (Wildman–Crippen MR) is 133 cm³/mol. The molecule has 2 heterocycles. The predicted octanol–water partition coefficient (Wildman–Crippen LogP) is 2.04. The number of ether oxygens (including phenoxy) is 5. The topological polar surface area (TPSA) is 157 Å². The van der Waals surface area contributed by atoms with E-state index < -0.39 is 59.4 Å². The molecular formula is C25H25NO11S. The molecule has 4 rings (SSSR count). The summed E-state index contributed by atoms with van der Waals surface area (Å²) in [5.41, 5.74) is 0.395. The number of esters is 3. The molecule has 38 heavy (non-hydrogen) atoms. The Kier molecular flexibility index (Phi) is 7.97. The van der Waals surface area contributed by atoms with Crippen LogP contribution < -0.4 is 15.0 Å². The number of fused-ring (bicyclic) bond motifs is 3. The molecule has 1 aliphatic rings. The van der Waals surface area contributed by atoms with E-state index in [0.29, 0.717) is 21.1 Å². The van der Waals surface area contributed by atoms with Gasteiger partial charge in [0.1, 0.15) is 24.5 Å². The lowest BCUT2D eigenvalue weighted by Crippen LogP contribution is -2.67. The van der Waals surface area contributed by atoms with Gasteiger partial charge < -0.3 is 33.4 Å². The highest BCUT2D eigenvalue weighted by molar-refractivity contribution is 7.16. The molecule has 0 aliphatic carbocycles. The summed E-state index contributed by atoms with van der Waals surface area (Å²) in [6.45, 7) is 4.39. The van der Waals surface area contributed by atoms with Crippen LogP contribution in [0.1, 0.15) is 27.7 Å². The molecule has 13 heteroatoms. The first-order valence-corrected chi connectivity index (χ1v) is 12.4. The Balaban J connectivity index is 1.81. The van der Waals surface area contributed by atoms with Gasteiger partial charge >= 0.3 is 22.8 Å². The first-order valence-electron chi connectivity index (χ1n) is 11.6. The molecule has 1 aliphatic heterocycles. The molecule has 2 aromatic carbocycles. The van der Waals surface area contributed by atoms with Gasteiger partial charge in [0.15, 0.2) is 17.8 Å². The Labute approximate surface area is 219 Å². The van der Waals surface area contributed by atoms with Crippen molar-refractivity contribution in [2.45, 2.75) is 58.3 Å². The minimum Gasteiger partial charge on any atom is -0.463 e. The maximum absolute atomic E-state index is 12.2. The van der Waals surface area contributed by atoms with Crippen LogP contribution in [0.25, 0.3) is 21.1 Å². The van der Waals surface area contributed by atoms with E-state index in [0.717, 1.165) is 25.2 Å². The van der Waals surface area contributed by atoms with Crippen molar-refractivity contribution in [1.82, 2.24) is 5.32 Å². The van der Waals surface area contributed by atoms with Crippen molar-refractivity contribution in [3.63, 3.8) is 0 Å². The smallest absolute Gasteiger partial charge is 0.396 e. The summed E-state index contributed by atoms with van der Waals surface area (Å²) in [5, 5.41) is 3.84. The van der Waals surface area contributed by atoms with E-state index in [1.54, 1.807) is 30.3 Å². The molecular weight excluding hydrogens is 522 g/mol. The van der Waals surface area contributed by atoms with Crippen molar-refractivity contribution in [1.29, 1.82) is 0 Å². The van der Waals surface area contributed by atoms with E-state index in [-0.39, 0.29) is 12.4 Å². The Morgan fingerprint density at radius 2 is 1.61 bits per heavy atom. The number of carbonyl (C=O) groups excluding carboxylic acids is 4. The standard InChI is InChI=1S/C25H25NO11S/c1-11(27)26-20-23(34-14(4)30)22(33-13(3)29)18(10-32-12(2)28)36-24(20)35-17-9-19-21(37-25(31)38-19)16-8-6-5-7-15(16)17/h5-9,18,20,22-24H,10H2,1-4H3,(H,26,27)/t18-,20+,22+,23-,24-/m0/s1. The van der Waals surface area contributed by atoms with Crippen molar-refractivity contribution < 1.29 is 47.3 Å². The van der Waals surface area contributed by atoms with Crippen LogP contribution >= 0.6 is 11.3 Å². The van der Waals surface area contributed by atoms with Crippen LogP contribution in [-0.2, 0) is 38.1 Å². The number of rotatable bonds is 7. The highest BCUT2D eigenvalue weighted by Gasteiger charge is 2.52. The lowest BCUT2D eigenvalue weighted by Gasteiger charge is -2.44. The number of carbonyl (C=O) groups is 4. The summed E-state index contributed by atoms with van der Waals surface area (Å²) in [6.07, 6.45) is -4.94. The minimum atomic E-state index is -1.31. The largest absolute Gasteiger partial charge is 0.463 e. The molecule has 1 amide bonds. The van der Waals surface area contributed by atoms with Crippen LogP contribution in [0.5, 0.6) is 5.75 Å². The summed E-state index contributed by atoms with van der Waals surface area (Å²) in [7, 11) is 0. The summed E-state index contributed by atoms with van der Waals surface area (Å²) >= 11 is 0.886. The van der Waals surface area contributed by atoms with Crippen LogP contribution in [0.15, 0.2) is 39.5 Å². The van der Waals surface area contributed by atoms with E-state index in [1.807, 2.05) is 0 Å². The second-order valence-corrected chi connectivity index (χ2v) is 9.52. The third-order valence-electron chi connectivity index (χ3n) is 5.62. The lowest BCUT2D eigenvalue weighted by molar-refractivity contribution is -0.256. The van der Waals surface area contributed by atoms with Crippen molar-refractivity contribution in [2.24, 2.45) is 0 Å². The van der Waals surface area contributed by atoms with Gasteiger partial charge in [-0.3, -0.25) is 19.2 Å². The molecule has 0 unspecified atom stereocenters. The molecule has 1 saturated heterocycles. The Bertz CT molecular complexity index is 1440. The number of benzene rings is 2. The first-order chi connectivity index (χ1) is 18.0. The van der Waals surface area contributed by atoms with Crippen LogP contribution in [-0.4, -0.2) is 61.1 Å². The van der Waals surface area contributed by atoms with E-state index in [4.69, 9.17) is 28.1 Å². The van der Waals surface area contributed by atoms with Crippen molar-refractivity contribution in [3.8, 4) is 5.75 Å². The molecule has 1 aromatic heterocycles. The van der Waals surface area contributed by atoms with Crippen molar-refractivity contribution in [2.75, 3.05) is 6.61 Å². The average molecular weight is 548 g/mol. The highest BCUT2D eigenvalue weighted by Crippen LogP contribution is 2.37. The third kappa shape index (κ3) is 5.94. The van der Waals surface area contributed by atoms with Crippen molar-refractivity contribution in [3.05, 3.63) is 40.1 Å². The molecule has 12 nitrogen and oxygen atoms in total. The molecule has 1 fully saturated rings. The van der Waals surface area contributed by atoms with E-state index in [2.05, 4.69) is 5.32 Å². The maximum Gasteiger partial charge on any atom is 0.396 e. The molecule has 202 valence electrons. The monoisotopic (exact) mass is 547 g/mol. The van der Waals surface area contributed by atoms with Gasteiger partial charge in [-0.1, -0.05) is 35.6 Å². The van der Waals surface area contributed by atoms with E-state index in [9.17, 15) is 24.0 Å². The minimum absolute atomic E-state index is 0.282. The van der Waals surface area contributed by atoms with E-state index >= 15 is 0 Å². The Hall–Kier alpha value is -3.97. The molecule has 0 saturated carbocycles. The summed E-state index contributed by atoms with van der Waals surface area (Å²) in [6, 6.07) is 7.50. The van der Waals surface area contributed by atoms with Crippen LogP contribution in [0.4, 0.5) is 0 Å². The normalized spacial score (nSPS) is 23.0. The Morgan fingerprint density at radius 3 is 2.24 bits per heavy atom. The van der Waals surface area contributed by atoms with E-state index in [1.165, 1.54) is 13.8 Å². The van der Waals surface area contributed by atoms with Crippen LogP contribution in [0.2, 0.25) is 0 Å². The molecule has 0 bridgehead atoms. The SMILES string of the molecule is CC(=O)N[C@H]1[C@@H](Oc2cc3sc(=O)oc3c3ccccc23)O[C@@H](COC(C)=O)[C@@H](OC(C)=O)[C@H]1OC(C)=O. The highest BCUT2D eigenvalue weighted by atomic mass is 32.1. The molecule has 0 spiro atoms. The molecule has 5 atom stereocenters. The molecule has 3 aromatic rings. The summed E-state index contributed by atoms with van der Waals surface area (Å²) in [4.78, 5) is 59.1. The summed E-state index contributed by atoms with van der Waals surface area (Å²) in [5.74, 6) is -2.27. The number of nitrogens with one attached hydrogen (secondary N) is 1. The first kappa shape index (κ1) is 27.1. The average Bonchev–Trinajstić information content (AvgIpc) is 3.21. The van der Waals surface area contributed by atoms with Gasteiger partial charge in [0, 0.05) is 44.5 Å². The second kappa shape index (κ2) is 11.2. The fraction of sp³-hybridized carbons (Fsp3) is 0.400. The zero-order chi connectivity index (χ0) is 27.6. The number of hydrogen-bond acceptors (Lipinski definition) is 12. The van der Waals surface area contributed by atoms with Gasteiger partial charge in [-0.25, -0.2) is 4.79 Å². The Morgan fingerprint density at radius 1 is 0.947 bits per heavy atom.